The molecule has 1 heterocycles. The van der Waals surface area contributed by atoms with Crippen LogP contribution in [0.4, 0.5) is 0 Å². The first kappa shape index (κ1) is 22.6. The van der Waals surface area contributed by atoms with Crippen LogP contribution in [0.2, 0.25) is 0 Å². The molecule has 1 amide bonds. The molecule has 6 nitrogen and oxygen atoms in total. The summed E-state index contributed by atoms with van der Waals surface area (Å²) in [6.45, 7) is 0.492. The molecule has 30 heavy (non-hydrogen) atoms. The molecule has 0 saturated heterocycles. The third kappa shape index (κ3) is 6.45. The Hall–Kier alpha value is -2.09. The molecule has 1 aliphatic rings. The van der Waals surface area contributed by atoms with Gasteiger partial charge in [0.1, 0.15) is 5.01 Å². The fraction of sp³-hybridized carbons (Fsp3) is 0.522. The molecule has 0 saturated carbocycles. The number of aromatic nitrogens is 1. The van der Waals surface area contributed by atoms with Crippen molar-refractivity contribution in [3.63, 3.8) is 0 Å². The van der Waals surface area contributed by atoms with Crippen molar-refractivity contribution in [3.05, 3.63) is 51.5 Å². The van der Waals surface area contributed by atoms with Gasteiger partial charge >= 0.3 is 0 Å². The Bertz CT molecular complexity index is 813. The molecule has 0 spiro atoms. The number of hydrogen-bond donors (Lipinski definition) is 3. The minimum Gasteiger partial charge on any atom is -0.345 e. The van der Waals surface area contributed by atoms with Crippen LogP contribution in [0.1, 0.15) is 53.2 Å². The molecule has 0 fully saturated rings. The molecule has 162 valence electrons. The summed E-state index contributed by atoms with van der Waals surface area (Å²) in [5, 5.41) is 3.76. The molecule has 0 aliphatic heterocycles. The molecule has 5 N–H and O–H groups in total. The standard InChI is InChI=1S/C23H32N4O2S/c24-14-6-9-17(25)23(29)27-18(13-12-16-7-2-1-3-8-16)20(28)15-22-26-19-10-4-5-11-21(19)30-22/h1-3,7-8,17-18H,4-6,9-15,24-25H2,(H,27,29)/t17-,18+/m0/s1. The summed E-state index contributed by atoms with van der Waals surface area (Å²) >= 11 is 1.65. The lowest BCUT2D eigenvalue weighted by Gasteiger charge is -2.20. The van der Waals surface area contributed by atoms with Gasteiger partial charge in [-0.25, -0.2) is 4.98 Å². The first-order valence-corrected chi connectivity index (χ1v) is 11.7. The molecular formula is C23H32N4O2S. The number of benzene rings is 1. The van der Waals surface area contributed by atoms with Gasteiger partial charge < -0.3 is 16.8 Å². The van der Waals surface area contributed by atoms with Crippen molar-refractivity contribution < 1.29 is 9.59 Å². The van der Waals surface area contributed by atoms with Crippen LogP contribution < -0.4 is 16.8 Å². The van der Waals surface area contributed by atoms with Crippen LogP contribution in [-0.2, 0) is 35.3 Å². The second-order valence-electron chi connectivity index (χ2n) is 7.95. The maximum absolute atomic E-state index is 13.1. The molecule has 3 rings (SSSR count). The van der Waals surface area contributed by atoms with E-state index >= 15 is 0 Å². The second kappa shape index (κ2) is 11.3. The molecule has 1 aliphatic carbocycles. The highest BCUT2D eigenvalue weighted by Crippen LogP contribution is 2.27. The summed E-state index contributed by atoms with van der Waals surface area (Å²) in [5.41, 5.74) is 13.8. The van der Waals surface area contributed by atoms with Crippen LogP contribution in [0.3, 0.4) is 0 Å². The Kier molecular flexibility index (Phi) is 8.54. The van der Waals surface area contributed by atoms with E-state index in [4.69, 9.17) is 16.5 Å². The van der Waals surface area contributed by atoms with E-state index in [-0.39, 0.29) is 18.1 Å². The first-order chi connectivity index (χ1) is 14.6. The lowest BCUT2D eigenvalue weighted by atomic mass is 9.99. The molecule has 0 bridgehead atoms. The number of aryl methyl sites for hydroxylation is 3. The third-order valence-electron chi connectivity index (χ3n) is 5.54. The van der Waals surface area contributed by atoms with E-state index in [0.29, 0.717) is 32.2 Å². The van der Waals surface area contributed by atoms with Crippen molar-refractivity contribution in [1.82, 2.24) is 10.3 Å². The van der Waals surface area contributed by atoms with Gasteiger partial charge in [-0.15, -0.1) is 11.3 Å². The largest absolute Gasteiger partial charge is 0.345 e. The maximum atomic E-state index is 13.1. The van der Waals surface area contributed by atoms with E-state index in [2.05, 4.69) is 5.32 Å². The maximum Gasteiger partial charge on any atom is 0.237 e. The number of nitrogens with one attached hydrogen (secondary N) is 1. The van der Waals surface area contributed by atoms with Gasteiger partial charge in [0.05, 0.1) is 24.2 Å². The van der Waals surface area contributed by atoms with Crippen molar-refractivity contribution in [2.24, 2.45) is 11.5 Å². The number of carbonyl (C=O) groups excluding carboxylic acids is 2. The van der Waals surface area contributed by atoms with Crippen molar-refractivity contribution in [2.75, 3.05) is 6.54 Å². The van der Waals surface area contributed by atoms with E-state index in [1.165, 1.54) is 17.7 Å². The second-order valence-corrected chi connectivity index (χ2v) is 9.12. The normalized spacial score (nSPS) is 15.3. The van der Waals surface area contributed by atoms with Crippen LogP contribution in [0.15, 0.2) is 30.3 Å². The van der Waals surface area contributed by atoms with Crippen molar-refractivity contribution >= 4 is 23.0 Å². The molecule has 0 radical (unpaired) electrons. The zero-order chi connectivity index (χ0) is 21.3. The summed E-state index contributed by atoms with van der Waals surface area (Å²) < 4.78 is 0. The lowest BCUT2D eigenvalue weighted by Crippen LogP contribution is -2.49. The summed E-state index contributed by atoms with van der Waals surface area (Å²) in [5.74, 6) is -0.287. The Morgan fingerprint density at radius 3 is 2.63 bits per heavy atom. The minimum atomic E-state index is -0.646. The number of fused-ring (bicyclic) bond motifs is 1. The van der Waals surface area contributed by atoms with Crippen LogP contribution in [0.5, 0.6) is 0 Å². The van der Waals surface area contributed by atoms with Gasteiger partial charge in [0.15, 0.2) is 5.78 Å². The van der Waals surface area contributed by atoms with Gasteiger partial charge in [0.2, 0.25) is 5.91 Å². The topological polar surface area (TPSA) is 111 Å². The fourth-order valence-electron chi connectivity index (χ4n) is 3.77. The van der Waals surface area contributed by atoms with E-state index < -0.39 is 12.1 Å². The summed E-state index contributed by atoms with van der Waals surface area (Å²) in [6.07, 6.45) is 7.14. The fourth-order valence-corrected chi connectivity index (χ4v) is 4.94. The van der Waals surface area contributed by atoms with Gasteiger partial charge in [-0.2, -0.15) is 0 Å². The van der Waals surface area contributed by atoms with Crippen LogP contribution in [0.25, 0.3) is 0 Å². The highest BCUT2D eigenvalue weighted by Gasteiger charge is 2.25. The summed E-state index contributed by atoms with van der Waals surface area (Å²) in [4.78, 5) is 31.7. The third-order valence-corrected chi connectivity index (χ3v) is 6.70. The number of hydrogen-bond acceptors (Lipinski definition) is 6. The van der Waals surface area contributed by atoms with Gasteiger partial charge in [0.25, 0.3) is 0 Å². The molecule has 0 unspecified atom stereocenters. The molecule has 1 aromatic carbocycles. The number of thiazole rings is 1. The lowest BCUT2D eigenvalue weighted by molar-refractivity contribution is -0.128. The number of carbonyl (C=O) groups is 2. The van der Waals surface area contributed by atoms with Crippen molar-refractivity contribution in [3.8, 4) is 0 Å². The Morgan fingerprint density at radius 1 is 1.13 bits per heavy atom. The SMILES string of the molecule is NCCC[C@H](N)C(=O)N[C@H](CCc1ccccc1)C(=O)Cc1nc2c(s1)CCCC2. The molecule has 1 aromatic heterocycles. The highest BCUT2D eigenvalue weighted by molar-refractivity contribution is 7.11. The minimum absolute atomic E-state index is 0.00333. The van der Waals surface area contributed by atoms with Gasteiger partial charge in [0, 0.05) is 4.88 Å². The molecule has 2 atom stereocenters. The van der Waals surface area contributed by atoms with E-state index in [9.17, 15) is 9.59 Å². The Labute approximate surface area is 182 Å². The van der Waals surface area contributed by atoms with E-state index in [0.717, 1.165) is 29.1 Å². The average Bonchev–Trinajstić information content (AvgIpc) is 3.17. The molecule has 7 heteroatoms. The van der Waals surface area contributed by atoms with Crippen LogP contribution in [0, 0.1) is 0 Å². The number of Topliss-reactive ketones (excluding diaryl/α,β-unsaturated/α-hetero) is 1. The van der Waals surface area contributed by atoms with Crippen molar-refractivity contribution in [1.29, 1.82) is 0 Å². The van der Waals surface area contributed by atoms with Gasteiger partial charge in [-0.05, 0) is 63.5 Å². The summed E-state index contributed by atoms with van der Waals surface area (Å²) in [7, 11) is 0. The van der Waals surface area contributed by atoms with E-state index in [1.807, 2.05) is 30.3 Å². The summed E-state index contributed by atoms with van der Waals surface area (Å²) in [6, 6.07) is 8.78. The van der Waals surface area contributed by atoms with Crippen LogP contribution >= 0.6 is 11.3 Å². The Balaban J connectivity index is 1.66. The van der Waals surface area contributed by atoms with E-state index in [1.54, 1.807) is 11.3 Å². The van der Waals surface area contributed by atoms with Crippen LogP contribution in [-0.4, -0.2) is 35.3 Å². The molecule has 2 aromatic rings. The predicted octanol–water partition coefficient (Wildman–Crippen LogP) is 2.32. The Morgan fingerprint density at radius 2 is 1.90 bits per heavy atom. The average molecular weight is 429 g/mol. The zero-order valence-electron chi connectivity index (χ0n) is 17.4. The van der Waals surface area contributed by atoms with Gasteiger partial charge in [-0.1, -0.05) is 30.3 Å². The number of amides is 1. The molecular weight excluding hydrogens is 396 g/mol. The smallest absolute Gasteiger partial charge is 0.237 e. The monoisotopic (exact) mass is 428 g/mol. The first-order valence-electron chi connectivity index (χ1n) is 10.9. The predicted molar refractivity (Wildman–Crippen MR) is 120 cm³/mol. The number of nitrogens with zero attached hydrogens (tertiary/aromatic N) is 1. The zero-order valence-corrected chi connectivity index (χ0v) is 18.3. The highest BCUT2D eigenvalue weighted by atomic mass is 32.1. The number of nitrogens with two attached hydrogens (primary N) is 2. The quantitative estimate of drug-likeness (QED) is 0.509. The van der Waals surface area contributed by atoms with Gasteiger partial charge in [-0.3, -0.25) is 9.59 Å². The number of rotatable bonds is 11. The number of ketones is 1. The van der Waals surface area contributed by atoms with Crippen molar-refractivity contribution in [2.45, 2.75) is 69.9 Å².